The highest BCUT2D eigenvalue weighted by atomic mass is 16.5. The molecule has 0 atom stereocenters. The molecule has 0 amide bonds. The molecule has 0 spiro atoms. The number of rotatable bonds is 5. The molecule has 2 aliphatic rings. The molecule has 146 valence electrons. The first-order valence-electron chi connectivity index (χ1n) is 10.4. The van der Waals surface area contributed by atoms with E-state index in [0.717, 1.165) is 42.8 Å². The van der Waals surface area contributed by atoms with Crippen LogP contribution in [-0.2, 0) is 12.8 Å². The second-order valence-corrected chi connectivity index (χ2v) is 7.85. The van der Waals surface area contributed by atoms with Crippen molar-refractivity contribution in [1.29, 1.82) is 0 Å². The van der Waals surface area contributed by atoms with Crippen LogP contribution in [0.2, 0.25) is 0 Å². The van der Waals surface area contributed by atoms with Crippen molar-refractivity contribution in [3.05, 3.63) is 112 Å². The van der Waals surface area contributed by atoms with Crippen LogP contribution in [0, 0.1) is 13.8 Å². The quantitative estimate of drug-likeness (QED) is 0.495. The number of benzene rings is 2. The van der Waals surface area contributed by atoms with Crippen molar-refractivity contribution in [2.24, 2.45) is 0 Å². The topological polar surface area (TPSA) is 9.23 Å². The predicted octanol–water partition coefficient (Wildman–Crippen LogP) is 7.30. The standard InChI is InChI=1S/C28H28O/c1-5-6-10-19(2)22-13-15-25-26-16-14-24(29-23-11-8-7-9-12-23)18-28(26)21(4)20(3)27(25)17-22/h5-12,17-18H,1-2,13-16H2,3-4H3/b10-6-. The Bertz CT molecular complexity index is 1060. The highest BCUT2D eigenvalue weighted by Gasteiger charge is 2.24. The van der Waals surface area contributed by atoms with Gasteiger partial charge in [0.05, 0.1) is 0 Å². The number of allylic oxidation sites excluding steroid dienone is 6. The molecule has 0 unspecified atom stereocenters. The van der Waals surface area contributed by atoms with Crippen LogP contribution in [0.3, 0.4) is 0 Å². The number of para-hydroxylation sites is 1. The lowest BCUT2D eigenvalue weighted by atomic mass is 9.77. The van der Waals surface area contributed by atoms with Crippen LogP contribution in [-0.4, -0.2) is 0 Å². The molecule has 0 fully saturated rings. The summed E-state index contributed by atoms with van der Waals surface area (Å²) >= 11 is 0. The van der Waals surface area contributed by atoms with Gasteiger partial charge in [-0.3, -0.25) is 0 Å². The maximum Gasteiger partial charge on any atom is 0.126 e. The van der Waals surface area contributed by atoms with Gasteiger partial charge in [0.25, 0.3) is 0 Å². The average Bonchev–Trinajstić information content (AvgIpc) is 2.76. The van der Waals surface area contributed by atoms with Crippen molar-refractivity contribution in [3.8, 4) is 5.75 Å². The summed E-state index contributed by atoms with van der Waals surface area (Å²) in [5.74, 6) is 1.97. The smallest absolute Gasteiger partial charge is 0.126 e. The first-order valence-corrected chi connectivity index (χ1v) is 10.4. The Hall–Kier alpha value is -3.06. The normalized spacial score (nSPS) is 15.2. The van der Waals surface area contributed by atoms with Gasteiger partial charge in [0.2, 0.25) is 0 Å². The van der Waals surface area contributed by atoms with E-state index in [2.05, 4.69) is 45.2 Å². The molecule has 29 heavy (non-hydrogen) atoms. The van der Waals surface area contributed by atoms with Crippen LogP contribution in [0.4, 0.5) is 0 Å². The van der Waals surface area contributed by atoms with Crippen LogP contribution in [0.15, 0.2) is 78.6 Å². The SMILES string of the molecule is C=C/C=C\C(=C)C1=Cc2c(C)c(C)c3c(c2CC1)CCC(Oc1ccccc1)=C3. The van der Waals surface area contributed by atoms with Crippen molar-refractivity contribution in [1.82, 2.24) is 0 Å². The molecule has 0 radical (unpaired) electrons. The lowest BCUT2D eigenvalue weighted by Gasteiger charge is -2.28. The molecule has 0 heterocycles. The van der Waals surface area contributed by atoms with Crippen LogP contribution >= 0.6 is 0 Å². The van der Waals surface area contributed by atoms with Gasteiger partial charge >= 0.3 is 0 Å². The number of fused-ring (bicyclic) bond motifs is 3. The summed E-state index contributed by atoms with van der Waals surface area (Å²) in [5, 5.41) is 0. The third kappa shape index (κ3) is 3.78. The Morgan fingerprint density at radius 1 is 0.897 bits per heavy atom. The van der Waals surface area contributed by atoms with Gasteiger partial charge in [-0.25, -0.2) is 0 Å². The highest BCUT2D eigenvalue weighted by molar-refractivity contribution is 5.76. The second kappa shape index (κ2) is 8.13. The molecular formula is C28H28O. The summed E-state index contributed by atoms with van der Waals surface area (Å²) in [6.07, 6.45) is 14.5. The van der Waals surface area contributed by atoms with Crippen LogP contribution in [0.1, 0.15) is 46.2 Å². The monoisotopic (exact) mass is 380 g/mol. The van der Waals surface area contributed by atoms with Gasteiger partial charge in [-0.15, -0.1) is 0 Å². The van der Waals surface area contributed by atoms with Crippen molar-refractivity contribution >= 4 is 12.2 Å². The molecule has 2 aromatic carbocycles. The summed E-state index contributed by atoms with van der Waals surface area (Å²) in [5.41, 5.74) is 10.9. The number of hydrogen-bond donors (Lipinski definition) is 0. The minimum atomic E-state index is 0.910. The summed E-state index contributed by atoms with van der Waals surface area (Å²) in [4.78, 5) is 0. The Kier molecular flexibility index (Phi) is 5.40. The Balaban J connectivity index is 1.72. The van der Waals surface area contributed by atoms with Crippen LogP contribution in [0.25, 0.3) is 12.2 Å². The third-order valence-electron chi connectivity index (χ3n) is 6.11. The van der Waals surface area contributed by atoms with Gasteiger partial charge in [-0.05, 0) is 95.8 Å². The molecule has 0 bridgehead atoms. The fourth-order valence-corrected chi connectivity index (χ4v) is 4.40. The van der Waals surface area contributed by atoms with Gasteiger partial charge < -0.3 is 4.74 Å². The number of ether oxygens (including phenoxy) is 1. The number of hydrogen-bond acceptors (Lipinski definition) is 1. The van der Waals surface area contributed by atoms with E-state index in [9.17, 15) is 0 Å². The first-order chi connectivity index (χ1) is 14.1. The van der Waals surface area contributed by atoms with E-state index in [4.69, 9.17) is 4.74 Å². The minimum absolute atomic E-state index is 0.910. The summed E-state index contributed by atoms with van der Waals surface area (Å²) in [7, 11) is 0. The molecule has 1 heteroatoms. The molecule has 2 aromatic rings. The predicted molar refractivity (Wildman–Crippen MR) is 124 cm³/mol. The van der Waals surface area contributed by atoms with E-state index in [1.165, 1.54) is 39.0 Å². The molecule has 4 rings (SSSR count). The molecule has 2 aliphatic carbocycles. The van der Waals surface area contributed by atoms with Gasteiger partial charge in [0, 0.05) is 6.42 Å². The fraction of sp³-hybridized carbons (Fsp3) is 0.214. The van der Waals surface area contributed by atoms with Crippen LogP contribution in [0.5, 0.6) is 5.75 Å². The van der Waals surface area contributed by atoms with Crippen molar-refractivity contribution in [2.75, 3.05) is 0 Å². The van der Waals surface area contributed by atoms with E-state index in [-0.39, 0.29) is 0 Å². The van der Waals surface area contributed by atoms with E-state index in [0.29, 0.717) is 0 Å². The zero-order chi connectivity index (χ0) is 20.4. The zero-order valence-electron chi connectivity index (χ0n) is 17.4. The molecule has 0 saturated carbocycles. The summed E-state index contributed by atoms with van der Waals surface area (Å²) < 4.78 is 6.16. The Labute approximate surface area is 174 Å². The third-order valence-corrected chi connectivity index (χ3v) is 6.11. The van der Waals surface area contributed by atoms with E-state index in [1.807, 2.05) is 36.4 Å². The average molecular weight is 381 g/mol. The molecule has 1 nitrogen and oxygen atoms in total. The van der Waals surface area contributed by atoms with Crippen LogP contribution < -0.4 is 4.74 Å². The Morgan fingerprint density at radius 2 is 1.55 bits per heavy atom. The first kappa shape index (κ1) is 19.3. The van der Waals surface area contributed by atoms with E-state index < -0.39 is 0 Å². The van der Waals surface area contributed by atoms with Crippen molar-refractivity contribution in [2.45, 2.75) is 39.5 Å². The van der Waals surface area contributed by atoms with Crippen molar-refractivity contribution in [3.63, 3.8) is 0 Å². The van der Waals surface area contributed by atoms with Gasteiger partial charge in [-0.1, -0.05) is 55.7 Å². The maximum atomic E-state index is 6.16. The largest absolute Gasteiger partial charge is 0.462 e. The molecule has 0 N–H and O–H groups in total. The fourth-order valence-electron chi connectivity index (χ4n) is 4.40. The van der Waals surface area contributed by atoms with Gasteiger partial charge in [-0.2, -0.15) is 0 Å². The molecule has 0 aromatic heterocycles. The Morgan fingerprint density at radius 3 is 2.24 bits per heavy atom. The van der Waals surface area contributed by atoms with Crippen molar-refractivity contribution < 1.29 is 4.74 Å². The summed E-state index contributed by atoms with van der Waals surface area (Å²) in [6, 6.07) is 10.1. The summed E-state index contributed by atoms with van der Waals surface area (Å²) in [6.45, 7) is 12.5. The maximum absolute atomic E-state index is 6.16. The second-order valence-electron chi connectivity index (χ2n) is 7.85. The van der Waals surface area contributed by atoms with E-state index >= 15 is 0 Å². The highest BCUT2D eigenvalue weighted by Crippen LogP contribution is 2.39. The lowest BCUT2D eigenvalue weighted by molar-refractivity contribution is 0.406. The van der Waals surface area contributed by atoms with Gasteiger partial charge in [0.15, 0.2) is 0 Å². The lowest BCUT2D eigenvalue weighted by Crippen LogP contribution is -2.14. The zero-order valence-corrected chi connectivity index (χ0v) is 17.4. The van der Waals surface area contributed by atoms with E-state index in [1.54, 1.807) is 6.08 Å². The molecule has 0 aliphatic heterocycles. The molecular weight excluding hydrogens is 352 g/mol. The molecule has 0 saturated heterocycles. The minimum Gasteiger partial charge on any atom is -0.462 e. The van der Waals surface area contributed by atoms with Gasteiger partial charge in [0.1, 0.15) is 11.5 Å².